The molecule has 0 aromatic heterocycles. The second kappa shape index (κ2) is 57.0. The Balaban J connectivity index is 4.12. The number of carboxylic acid groups (broad SMARTS) is 1. The molecule has 74 heavy (non-hydrogen) atoms. The molecule has 2 atom stereocenters. The van der Waals surface area contributed by atoms with Gasteiger partial charge in [-0.25, -0.2) is 0 Å². The predicted octanol–water partition coefficient (Wildman–Crippen LogP) is 17.7. The van der Waals surface area contributed by atoms with Gasteiger partial charge in [0.05, 0.1) is 40.3 Å². The van der Waals surface area contributed by atoms with Crippen molar-refractivity contribution >= 4 is 17.9 Å². The Bertz CT molecular complexity index is 1260. The summed E-state index contributed by atoms with van der Waals surface area (Å²) >= 11 is 0. The first-order valence-corrected chi connectivity index (χ1v) is 32.0. The minimum atomic E-state index is -1.62. The highest BCUT2D eigenvalue weighted by molar-refractivity contribution is 5.70. The second-order valence-corrected chi connectivity index (χ2v) is 23.1. The van der Waals surface area contributed by atoms with Crippen LogP contribution in [0.25, 0.3) is 0 Å². The van der Waals surface area contributed by atoms with E-state index in [1.807, 2.05) is 21.1 Å². The van der Waals surface area contributed by atoms with Gasteiger partial charge in [-0.2, -0.15) is 0 Å². The van der Waals surface area contributed by atoms with Crippen molar-refractivity contribution in [1.29, 1.82) is 0 Å². The van der Waals surface area contributed by atoms with Gasteiger partial charge < -0.3 is 33.3 Å². The highest BCUT2D eigenvalue weighted by Crippen LogP contribution is 2.18. The minimum absolute atomic E-state index is 0.149. The van der Waals surface area contributed by atoms with Crippen molar-refractivity contribution < 1.29 is 42.9 Å². The van der Waals surface area contributed by atoms with Crippen LogP contribution in [0.4, 0.5) is 0 Å². The van der Waals surface area contributed by atoms with Gasteiger partial charge >= 0.3 is 11.9 Å². The fourth-order valence-electron chi connectivity index (χ4n) is 9.51. The van der Waals surface area contributed by atoms with Crippen LogP contribution in [-0.4, -0.2) is 82.3 Å². The Morgan fingerprint density at radius 3 is 1.07 bits per heavy atom. The molecule has 0 rings (SSSR count). The molecule has 0 aliphatic carbocycles. The molecule has 0 radical (unpaired) electrons. The molecule has 0 saturated carbocycles. The number of unbranched alkanes of at least 4 members (excludes halogenated alkanes) is 41. The van der Waals surface area contributed by atoms with E-state index in [0.717, 1.165) is 51.4 Å². The summed E-state index contributed by atoms with van der Waals surface area (Å²) in [6, 6.07) is 0. The molecule has 2 unspecified atom stereocenters. The van der Waals surface area contributed by atoms with Gasteiger partial charge in [0.25, 0.3) is 0 Å². The number of aliphatic carboxylic acids is 1. The van der Waals surface area contributed by atoms with Crippen LogP contribution in [0.5, 0.6) is 0 Å². The van der Waals surface area contributed by atoms with Crippen LogP contribution in [0.1, 0.15) is 316 Å². The molecule has 0 N–H and O–H groups in total. The van der Waals surface area contributed by atoms with Crippen LogP contribution < -0.4 is 5.11 Å². The highest BCUT2D eigenvalue weighted by Gasteiger charge is 2.22. The molecule has 0 fully saturated rings. The number of rotatable bonds is 60. The number of allylic oxidation sites excluding steroid dienone is 4. The second-order valence-electron chi connectivity index (χ2n) is 23.1. The predicted molar refractivity (Wildman–Crippen MR) is 311 cm³/mol. The SMILES string of the molecule is CCCCCCC/C=C\C/C=C\CCCCCCCCCCCC(=O)OC(COC(=O)CCCCCCCCCCCCCCCCCCCCCCCCCCCCCC)COC(OCC[N+](C)(C)C)C(=O)[O-]. The quantitative estimate of drug-likeness (QED) is 0.0195. The Labute approximate surface area is 458 Å². The van der Waals surface area contributed by atoms with Crippen LogP contribution in [-0.2, 0) is 33.3 Å². The number of hydrogen-bond acceptors (Lipinski definition) is 8. The van der Waals surface area contributed by atoms with Crippen molar-refractivity contribution in [3.05, 3.63) is 24.3 Å². The molecule has 0 aromatic rings. The third-order valence-corrected chi connectivity index (χ3v) is 14.5. The summed E-state index contributed by atoms with van der Waals surface area (Å²) in [5.74, 6) is -2.27. The van der Waals surface area contributed by atoms with Gasteiger partial charge in [0.1, 0.15) is 13.2 Å². The first kappa shape index (κ1) is 71.8. The molecular weight excluding hydrogens is 923 g/mol. The number of ether oxygens (including phenoxy) is 4. The summed E-state index contributed by atoms with van der Waals surface area (Å²) in [5, 5.41) is 11.8. The van der Waals surface area contributed by atoms with Crippen molar-refractivity contribution in [2.45, 2.75) is 328 Å². The highest BCUT2D eigenvalue weighted by atomic mass is 16.7. The third-order valence-electron chi connectivity index (χ3n) is 14.5. The maximum atomic E-state index is 12.9. The van der Waals surface area contributed by atoms with Gasteiger partial charge in [0.2, 0.25) is 0 Å². The monoisotopic (exact) mass is 1050 g/mol. The van der Waals surface area contributed by atoms with Crippen molar-refractivity contribution in [3.8, 4) is 0 Å². The van der Waals surface area contributed by atoms with E-state index in [1.165, 1.54) is 231 Å². The summed E-state index contributed by atoms with van der Waals surface area (Å²) in [7, 11) is 5.93. The number of likely N-dealkylation sites (N-methyl/N-ethyl adjacent to an activating group) is 1. The lowest BCUT2D eigenvalue weighted by Crippen LogP contribution is -2.44. The summed E-state index contributed by atoms with van der Waals surface area (Å²) in [6.45, 7) is 4.79. The van der Waals surface area contributed by atoms with Crippen molar-refractivity contribution in [2.24, 2.45) is 0 Å². The molecule has 0 saturated heterocycles. The van der Waals surface area contributed by atoms with E-state index in [2.05, 4.69) is 38.2 Å². The Morgan fingerprint density at radius 2 is 0.730 bits per heavy atom. The summed E-state index contributed by atoms with van der Waals surface area (Å²) < 4.78 is 22.8. The fraction of sp³-hybridized carbons (Fsp3) is 0.892. The molecule has 0 amide bonds. The zero-order valence-electron chi connectivity index (χ0n) is 49.7. The molecule has 0 aliphatic heterocycles. The standard InChI is InChI=1S/C65H123NO8/c1-6-8-10-12-14-16-18-20-22-24-26-28-29-30-31-32-33-34-36-37-39-41-43-45-47-49-51-53-55-62(67)72-59-61(60-73-65(64(69)70)71-58-57-66(3,4)5)74-63(68)56-54-52-50-48-46-44-42-40-38-35-27-25-23-21-19-17-15-13-11-9-7-2/h19,21,25,27,61,65H,6-18,20,22-24,26,28-60H2,1-5H3/b21-19-,27-25-. The molecule has 0 heterocycles. The van der Waals surface area contributed by atoms with Crippen LogP contribution in [0.3, 0.4) is 0 Å². The lowest BCUT2D eigenvalue weighted by atomic mass is 10.0. The van der Waals surface area contributed by atoms with E-state index in [4.69, 9.17) is 18.9 Å². The Kier molecular flexibility index (Phi) is 55.2. The molecule has 0 aromatic carbocycles. The molecule has 0 bridgehead atoms. The molecule has 0 spiro atoms. The summed E-state index contributed by atoms with van der Waals surface area (Å²) in [4.78, 5) is 37.4. The van der Waals surface area contributed by atoms with E-state index in [9.17, 15) is 19.5 Å². The smallest absolute Gasteiger partial charge is 0.306 e. The van der Waals surface area contributed by atoms with Crippen LogP contribution in [0.2, 0.25) is 0 Å². The van der Waals surface area contributed by atoms with Crippen molar-refractivity contribution in [3.63, 3.8) is 0 Å². The van der Waals surface area contributed by atoms with E-state index >= 15 is 0 Å². The average molecular weight is 1050 g/mol. The van der Waals surface area contributed by atoms with Crippen LogP contribution >= 0.6 is 0 Å². The number of carboxylic acids is 1. The Morgan fingerprint density at radius 1 is 0.405 bits per heavy atom. The van der Waals surface area contributed by atoms with Gasteiger partial charge in [-0.1, -0.05) is 282 Å². The lowest BCUT2D eigenvalue weighted by molar-refractivity contribution is -0.870. The molecule has 436 valence electrons. The fourth-order valence-corrected chi connectivity index (χ4v) is 9.51. The Hall–Kier alpha value is -2.23. The zero-order valence-corrected chi connectivity index (χ0v) is 49.7. The van der Waals surface area contributed by atoms with Gasteiger partial charge in [-0.3, -0.25) is 9.59 Å². The molecule has 9 nitrogen and oxygen atoms in total. The first-order valence-electron chi connectivity index (χ1n) is 32.0. The normalized spacial score (nSPS) is 12.8. The molecular formula is C65H123NO8. The number of esters is 2. The van der Waals surface area contributed by atoms with Crippen molar-refractivity contribution in [2.75, 3.05) is 47.5 Å². The first-order chi connectivity index (χ1) is 36.1. The summed E-state index contributed by atoms with van der Waals surface area (Å²) in [5.41, 5.74) is 0. The zero-order chi connectivity index (χ0) is 54.1. The number of quaternary nitrogens is 1. The minimum Gasteiger partial charge on any atom is -0.545 e. The van der Waals surface area contributed by atoms with E-state index < -0.39 is 24.3 Å². The summed E-state index contributed by atoms with van der Waals surface area (Å²) in [6.07, 6.45) is 65.3. The van der Waals surface area contributed by atoms with E-state index in [-0.39, 0.29) is 32.2 Å². The van der Waals surface area contributed by atoms with Gasteiger partial charge in [-0.15, -0.1) is 0 Å². The van der Waals surface area contributed by atoms with Crippen LogP contribution in [0.15, 0.2) is 24.3 Å². The van der Waals surface area contributed by atoms with E-state index in [0.29, 0.717) is 23.9 Å². The molecule has 0 aliphatic rings. The van der Waals surface area contributed by atoms with E-state index in [1.54, 1.807) is 0 Å². The number of nitrogens with zero attached hydrogens (tertiary/aromatic N) is 1. The van der Waals surface area contributed by atoms with Gasteiger partial charge in [0.15, 0.2) is 12.4 Å². The van der Waals surface area contributed by atoms with Gasteiger partial charge in [-0.05, 0) is 44.9 Å². The topological polar surface area (TPSA) is 111 Å². The average Bonchev–Trinajstić information content (AvgIpc) is 3.37. The van der Waals surface area contributed by atoms with Crippen molar-refractivity contribution in [1.82, 2.24) is 0 Å². The van der Waals surface area contributed by atoms with Crippen LogP contribution in [0, 0.1) is 0 Å². The molecule has 9 heteroatoms. The number of hydrogen-bond donors (Lipinski definition) is 0. The maximum Gasteiger partial charge on any atom is 0.306 e. The number of carbonyl (C=O) groups is 3. The number of carbonyl (C=O) groups excluding carboxylic acids is 3. The lowest BCUT2D eigenvalue weighted by Gasteiger charge is -2.26. The largest absolute Gasteiger partial charge is 0.545 e. The third kappa shape index (κ3) is 57.5. The van der Waals surface area contributed by atoms with Gasteiger partial charge in [0, 0.05) is 12.8 Å². The maximum absolute atomic E-state index is 12.9.